The van der Waals surface area contributed by atoms with Gasteiger partial charge in [-0.3, -0.25) is 0 Å². The van der Waals surface area contributed by atoms with Gasteiger partial charge in [0.15, 0.2) is 0 Å². The van der Waals surface area contributed by atoms with Gasteiger partial charge in [-0.05, 0) is 41.1 Å². The molecule has 2 rings (SSSR count). The van der Waals surface area contributed by atoms with Crippen molar-refractivity contribution in [3.8, 4) is 5.75 Å². The molecule has 0 fully saturated rings. The molecule has 0 atom stereocenters. The van der Waals surface area contributed by atoms with Crippen molar-refractivity contribution in [2.45, 2.75) is 13.5 Å². The second-order valence-corrected chi connectivity index (χ2v) is 5.20. The van der Waals surface area contributed by atoms with E-state index in [1.54, 1.807) is 0 Å². The molecule has 0 aliphatic heterocycles. The number of halogens is 2. The lowest BCUT2D eigenvalue weighted by Gasteiger charge is -2.13. The summed E-state index contributed by atoms with van der Waals surface area (Å²) in [6.45, 7) is 3.34. The molecular weight excluding hydrogens is 326 g/mol. The lowest BCUT2D eigenvalue weighted by atomic mass is 10.2. The molecule has 0 amide bonds. The summed E-state index contributed by atoms with van der Waals surface area (Å²) in [6.07, 6.45) is 0. The summed E-state index contributed by atoms with van der Waals surface area (Å²) in [4.78, 5) is 0. The third-order valence-corrected chi connectivity index (χ3v) is 4.09. The Labute approximate surface area is 126 Å². The highest BCUT2D eigenvalue weighted by atomic mass is 79.9. The van der Waals surface area contributed by atoms with Gasteiger partial charge >= 0.3 is 0 Å². The van der Waals surface area contributed by atoms with Gasteiger partial charge in [-0.2, -0.15) is 0 Å². The van der Waals surface area contributed by atoms with Crippen molar-refractivity contribution in [3.05, 3.63) is 57.5 Å². The van der Waals surface area contributed by atoms with E-state index in [0.717, 1.165) is 21.5 Å². The molecule has 100 valence electrons. The summed E-state index contributed by atoms with van der Waals surface area (Å²) in [5.41, 5.74) is 2.09. The van der Waals surface area contributed by atoms with E-state index in [1.165, 1.54) is 0 Å². The Hall–Kier alpha value is -1.19. The van der Waals surface area contributed by atoms with Crippen LogP contribution in [0.4, 0.5) is 5.69 Å². The van der Waals surface area contributed by atoms with Crippen LogP contribution >= 0.6 is 27.5 Å². The zero-order valence-corrected chi connectivity index (χ0v) is 13.0. The van der Waals surface area contributed by atoms with E-state index in [1.807, 2.05) is 43.3 Å². The Morgan fingerprint density at radius 3 is 2.74 bits per heavy atom. The molecule has 0 radical (unpaired) electrons. The van der Waals surface area contributed by atoms with Crippen molar-refractivity contribution in [1.82, 2.24) is 0 Å². The molecule has 0 saturated heterocycles. The van der Waals surface area contributed by atoms with E-state index in [4.69, 9.17) is 16.3 Å². The molecule has 2 nitrogen and oxygen atoms in total. The minimum absolute atomic E-state index is 0.665. The summed E-state index contributed by atoms with van der Waals surface area (Å²) < 4.78 is 6.48. The van der Waals surface area contributed by atoms with E-state index < -0.39 is 0 Å². The summed E-state index contributed by atoms with van der Waals surface area (Å²) in [7, 11) is 0. The molecule has 2 aromatic carbocycles. The molecule has 0 saturated carbocycles. The zero-order valence-electron chi connectivity index (χ0n) is 10.6. The minimum atomic E-state index is 0.665. The van der Waals surface area contributed by atoms with Gasteiger partial charge in [-0.25, -0.2) is 0 Å². The largest absolute Gasteiger partial charge is 0.494 e. The summed E-state index contributed by atoms with van der Waals surface area (Å²) in [5, 5.41) is 4.05. The van der Waals surface area contributed by atoms with E-state index in [2.05, 4.69) is 27.3 Å². The number of hydrogen-bond donors (Lipinski definition) is 1. The van der Waals surface area contributed by atoms with Crippen LogP contribution in [-0.4, -0.2) is 6.61 Å². The quantitative estimate of drug-likeness (QED) is 0.816. The first kappa shape index (κ1) is 14.2. The van der Waals surface area contributed by atoms with Crippen LogP contribution in [0.2, 0.25) is 5.02 Å². The smallest absolute Gasteiger partial charge is 0.124 e. The topological polar surface area (TPSA) is 21.3 Å². The highest BCUT2D eigenvalue weighted by molar-refractivity contribution is 9.10. The van der Waals surface area contributed by atoms with Gasteiger partial charge in [0.2, 0.25) is 0 Å². The third kappa shape index (κ3) is 3.64. The van der Waals surface area contributed by atoms with Gasteiger partial charge < -0.3 is 10.1 Å². The second kappa shape index (κ2) is 6.83. The first-order valence-corrected chi connectivity index (χ1v) is 7.28. The summed E-state index contributed by atoms with van der Waals surface area (Å²) >= 11 is 9.54. The number of hydrogen-bond acceptors (Lipinski definition) is 2. The number of ether oxygens (including phenoxy) is 1. The van der Waals surface area contributed by atoms with Gasteiger partial charge in [0.05, 0.1) is 21.8 Å². The maximum atomic E-state index is 6.07. The van der Waals surface area contributed by atoms with Crippen molar-refractivity contribution in [3.63, 3.8) is 0 Å². The highest BCUT2D eigenvalue weighted by Gasteiger charge is 2.05. The second-order valence-electron chi connectivity index (χ2n) is 4.00. The molecule has 0 aromatic heterocycles. The first-order chi connectivity index (χ1) is 9.22. The van der Waals surface area contributed by atoms with E-state index in [-0.39, 0.29) is 0 Å². The first-order valence-electron chi connectivity index (χ1n) is 6.11. The van der Waals surface area contributed by atoms with Crippen LogP contribution in [0, 0.1) is 0 Å². The summed E-state index contributed by atoms with van der Waals surface area (Å²) in [5.74, 6) is 0.913. The number of rotatable bonds is 5. The fourth-order valence-electron chi connectivity index (χ4n) is 1.78. The van der Waals surface area contributed by atoms with Gasteiger partial charge in [0, 0.05) is 12.1 Å². The number of nitrogens with one attached hydrogen (secondary N) is 1. The lowest BCUT2D eigenvalue weighted by molar-refractivity contribution is 0.337. The van der Waals surface area contributed by atoms with Crippen molar-refractivity contribution in [2.75, 3.05) is 11.9 Å². The molecule has 2 aromatic rings. The van der Waals surface area contributed by atoms with Gasteiger partial charge in [0.25, 0.3) is 0 Å². The average molecular weight is 341 g/mol. The minimum Gasteiger partial charge on any atom is -0.494 e. The zero-order chi connectivity index (χ0) is 13.7. The number of para-hydroxylation sites is 1. The van der Waals surface area contributed by atoms with Gasteiger partial charge in [-0.15, -0.1) is 0 Å². The molecule has 0 unspecified atom stereocenters. The van der Waals surface area contributed by atoms with Gasteiger partial charge in [0.1, 0.15) is 5.75 Å². The lowest BCUT2D eigenvalue weighted by Crippen LogP contribution is -2.03. The predicted octanol–water partition coefficient (Wildman–Crippen LogP) is 5.11. The molecule has 0 spiro atoms. The molecule has 0 heterocycles. The van der Waals surface area contributed by atoms with E-state index in [0.29, 0.717) is 18.2 Å². The van der Waals surface area contributed by atoms with Crippen LogP contribution in [0.3, 0.4) is 0 Å². The Morgan fingerprint density at radius 2 is 1.95 bits per heavy atom. The standard InChI is InChI=1S/C15H15BrClNO/c1-2-19-14-9-4-3-6-11(14)10-18-13-8-5-7-12(17)15(13)16/h3-9,18H,2,10H2,1H3. The Morgan fingerprint density at radius 1 is 1.16 bits per heavy atom. The third-order valence-electron chi connectivity index (χ3n) is 2.69. The fourth-order valence-corrected chi connectivity index (χ4v) is 2.36. The highest BCUT2D eigenvalue weighted by Crippen LogP contribution is 2.30. The number of anilines is 1. The Balaban J connectivity index is 2.12. The van der Waals surface area contributed by atoms with Crippen LogP contribution in [0.15, 0.2) is 46.9 Å². The van der Waals surface area contributed by atoms with Crippen LogP contribution in [-0.2, 0) is 6.54 Å². The Kier molecular flexibility index (Phi) is 5.11. The molecule has 0 aliphatic rings. The van der Waals surface area contributed by atoms with Crippen LogP contribution in [0.1, 0.15) is 12.5 Å². The van der Waals surface area contributed by atoms with Crippen LogP contribution in [0.5, 0.6) is 5.75 Å². The van der Waals surface area contributed by atoms with E-state index in [9.17, 15) is 0 Å². The van der Waals surface area contributed by atoms with Crippen molar-refractivity contribution >= 4 is 33.2 Å². The maximum Gasteiger partial charge on any atom is 0.124 e. The summed E-state index contributed by atoms with van der Waals surface area (Å²) in [6, 6.07) is 13.8. The monoisotopic (exact) mass is 339 g/mol. The van der Waals surface area contributed by atoms with Crippen LogP contribution < -0.4 is 10.1 Å². The van der Waals surface area contributed by atoms with Crippen LogP contribution in [0.25, 0.3) is 0 Å². The number of benzene rings is 2. The molecule has 0 bridgehead atoms. The maximum absolute atomic E-state index is 6.07. The van der Waals surface area contributed by atoms with Crippen molar-refractivity contribution in [2.24, 2.45) is 0 Å². The van der Waals surface area contributed by atoms with Gasteiger partial charge in [-0.1, -0.05) is 35.9 Å². The van der Waals surface area contributed by atoms with E-state index >= 15 is 0 Å². The molecular formula is C15H15BrClNO. The van der Waals surface area contributed by atoms with Crippen molar-refractivity contribution in [1.29, 1.82) is 0 Å². The average Bonchev–Trinajstić information content (AvgIpc) is 2.42. The van der Waals surface area contributed by atoms with Crippen molar-refractivity contribution < 1.29 is 4.74 Å². The molecule has 4 heteroatoms. The molecule has 0 aliphatic carbocycles. The normalized spacial score (nSPS) is 10.3. The predicted molar refractivity (Wildman–Crippen MR) is 84.1 cm³/mol. The molecule has 1 N–H and O–H groups in total. The fraction of sp³-hybridized carbons (Fsp3) is 0.200. The Bertz CT molecular complexity index is 560. The molecule has 19 heavy (non-hydrogen) atoms. The SMILES string of the molecule is CCOc1ccccc1CNc1cccc(Cl)c1Br.